The highest BCUT2D eigenvalue weighted by Gasteiger charge is 2.33. The van der Waals surface area contributed by atoms with Crippen molar-refractivity contribution in [2.75, 3.05) is 0 Å². The van der Waals surface area contributed by atoms with Gasteiger partial charge in [-0.25, -0.2) is 0 Å². The largest absolute Gasteiger partial charge is 0.462 e. The number of benzene rings is 1. The molecule has 0 aliphatic carbocycles. The Hall–Kier alpha value is -2.10. The summed E-state index contributed by atoms with van der Waals surface area (Å²) in [5, 5.41) is 0. The zero-order valence-electron chi connectivity index (χ0n) is 15.0. The van der Waals surface area contributed by atoms with Gasteiger partial charge in [0.2, 0.25) is 0 Å². The van der Waals surface area contributed by atoms with Crippen molar-refractivity contribution in [2.45, 2.75) is 58.7 Å². The molecule has 1 aromatic rings. The number of hydrogen-bond donors (Lipinski definition) is 0. The van der Waals surface area contributed by atoms with Crippen molar-refractivity contribution in [3.63, 3.8) is 0 Å². The van der Waals surface area contributed by atoms with Crippen molar-refractivity contribution in [3.05, 3.63) is 48.6 Å². The summed E-state index contributed by atoms with van der Waals surface area (Å²) in [5.74, 6) is -1.98. The summed E-state index contributed by atoms with van der Waals surface area (Å²) in [6, 6.07) is 9.81. The second kappa shape index (κ2) is 9.91. The molecule has 0 bridgehead atoms. The molecule has 0 saturated carbocycles. The third-order valence-electron chi connectivity index (χ3n) is 3.52. The monoisotopic (exact) mass is 332 g/mol. The molecule has 1 atom stereocenters. The predicted molar refractivity (Wildman–Crippen MR) is 94.6 cm³/mol. The van der Waals surface area contributed by atoms with E-state index in [9.17, 15) is 9.59 Å². The molecule has 1 unspecified atom stereocenters. The average molecular weight is 332 g/mol. The summed E-state index contributed by atoms with van der Waals surface area (Å²) in [6.45, 7) is 10.8. The lowest BCUT2D eigenvalue weighted by Crippen LogP contribution is -2.32. The van der Waals surface area contributed by atoms with Crippen molar-refractivity contribution >= 4 is 11.9 Å². The summed E-state index contributed by atoms with van der Waals surface area (Å²) in [4.78, 5) is 24.8. The number of hydrogen-bond acceptors (Lipinski definition) is 4. The van der Waals surface area contributed by atoms with E-state index in [0.717, 1.165) is 5.56 Å². The highest BCUT2D eigenvalue weighted by Crippen LogP contribution is 2.29. The van der Waals surface area contributed by atoms with Crippen LogP contribution in [0.1, 0.15) is 52.0 Å². The van der Waals surface area contributed by atoms with Gasteiger partial charge in [-0.2, -0.15) is 0 Å². The van der Waals surface area contributed by atoms with Crippen molar-refractivity contribution in [2.24, 2.45) is 5.92 Å². The Morgan fingerprint density at radius 2 is 1.50 bits per heavy atom. The SMILES string of the molecule is C=CCC(CC(C(=O)OC(C)C)C(=O)OC(C)C)c1ccccc1. The minimum absolute atomic E-state index is 0.00752. The van der Waals surface area contributed by atoms with Crippen LogP contribution in [-0.4, -0.2) is 24.1 Å². The van der Waals surface area contributed by atoms with E-state index in [1.807, 2.05) is 30.3 Å². The van der Waals surface area contributed by atoms with Gasteiger partial charge in [0.1, 0.15) is 0 Å². The molecule has 1 aromatic carbocycles. The van der Waals surface area contributed by atoms with Crippen LogP contribution in [0.4, 0.5) is 0 Å². The van der Waals surface area contributed by atoms with E-state index in [1.54, 1.807) is 33.8 Å². The van der Waals surface area contributed by atoms with Crippen LogP contribution in [0.25, 0.3) is 0 Å². The van der Waals surface area contributed by atoms with Crippen LogP contribution in [0.5, 0.6) is 0 Å². The van der Waals surface area contributed by atoms with Crippen LogP contribution in [0, 0.1) is 5.92 Å². The second-order valence-corrected chi connectivity index (χ2v) is 6.39. The molecule has 132 valence electrons. The molecule has 0 heterocycles. The van der Waals surface area contributed by atoms with Crippen molar-refractivity contribution in [1.82, 2.24) is 0 Å². The van der Waals surface area contributed by atoms with Gasteiger partial charge in [-0.3, -0.25) is 9.59 Å². The molecule has 0 aliphatic rings. The van der Waals surface area contributed by atoms with E-state index >= 15 is 0 Å². The van der Waals surface area contributed by atoms with E-state index in [1.165, 1.54) is 0 Å². The Labute approximate surface area is 144 Å². The van der Waals surface area contributed by atoms with Gasteiger partial charge in [0.15, 0.2) is 5.92 Å². The minimum Gasteiger partial charge on any atom is -0.462 e. The van der Waals surface area contributed by atoms with E-state index < -0.39 is 17.9 Å². The summed E-state index contributed by atoms with van der Waals surface area (Å²) in [6.07, 6.45) is 2.26. The van der Waals surface area contributed by atoms with Gasteiger partial charge in [-0.15, -0.1) is 6.58 Å². The molecule has 0 saturated heterocycles. The smallest absolute Gasteiger partial charge is 0.320 e. The Morgan fingerprint density at radius 3 is 1.92 bits per heavy atom. The van der Waals surface area contributed by atoms with E-state index in [0.29, 0.717) is 12.8 Å². The molecule has 0 aromatic heterocycles. The summed E-state index contributed by atoms with van der Waals surface area (Å²) < 4.78 is 10.5. The predicted octanol–water partition coefficient (Wildman–Crippen LogP) is 4.26. The van der Waals surface area contributed by atoms with Crippen LogP contribution < -0.4 is 0 Å². The molecular formula is C20H28O4. The van der Waals surface area contributed by atoms with Crippen LogP contribution in [0.15, 0.2) is 43.0 Å². The first-order chi connectivity index (χ1) is 11.3. The fourth-order valence-corrected chi connectivity index (χ4v) is 2.50. The Balaban J connectivity index is 3.00. The lowest BCUT2D eigenvalue weighted by molar-refractivity contribution is -0.166. The van der Waals surface area contributed by atoms with Crippen molar-refractivity contribution in [3.8, 4) is 0 Å². The molecule has 1 rings (SSSR count). The normalized spacial score (nSPS) is 12.3. The first-order valence-electron chi connectivity index (χ1n) is 8.42. The number of esters is 2. The molecule has 0 spiro atoms. The Bertz CT molecular complexity index is 512. The van der Waals surface area contributed by atoms with E-state index in [4.69, 9.17) is 9.47 Å². The van der Waals surface area contributed by atoms with Gasteiger partial charge in [0.25, 0.3) is 0 Å². The van der Waals surface area contributed by atoms with Gasteiger partial charge in [0.05, 0.1) is 12.2 Å². The molecule has 0 fully saturated rings. The second-order valence-electron chi connectivity index (χ2n) is 6.39. The number of allylic oxidation sites excluding steroid dienone is 1. The average Bonchev–Trinajstić information content (AvgIpc) is 2.50. The molecule has 4 nitrogen and oxygen atoms in total. The zero-order valence-corrected chi connectivity index (χ0v) is 15.0. The highest BCUT2D eigenvalue weighted by molar-refractivity contribution is 5.95. The number of rotatable bonds is 9. The van der Waals surface area contributed by atoms with Crippen molar-refractivity contribution in [1.29, 1.82) is 0 Å². The van der Waals surface area contributed by atoms with Crippen LogP contribution in [0.3, 0.4) is 0 Å². The Kier molecular flexibility index (Phi) is 8.24. The number of carbonyl (C=O) groups is 2. The molecule has 0 amide bonds. The van der Waals surface area contributed by atoms with Crippen molar-refractivity contribution < 1.29 is 19.1 Å². The van der Waals surface area contributed by atoms with Crippen LogP contribution >= 0.6 is 0 Å². The van der Waals surface area contributed by atoms with Gasteiger partial charge in [-0.1, -0.05) is 36.4 Å². The number of carbonyl (C=O) groups excluding carboxylic acids is 2. The summed E-state index contributed by atoms with van der Waals surface area (Å²) in [5.41, 5.74) is 1.07. The van der Waals surface area contributed by atoms with Gasteiger partial charge in [0, 0.05) is 0 Å². The fraction of sp³-hybridized carbons (Fsp3) is 0.500. The van der Waals surface area contributed by atoms with Crippen LogP contribution in [-0.2, 0) is 19.1 Å². The lowest BCUT2D eigenvalue weighted by atomic mass is 9.86. The summed E-state index contributed by atoms with van der Waals surface area (Å²) in [7, 11) is 0. The maximum absolute atomic E-state index is 12.4. The van der Waals surface area contributed by atoms with Crippen LogP contribution in [0.2, 0.25) is 0 Å². The first-order valence-corrected chi connectivity index (χ1v) is 8.42. The number of ether oxygens (including phenoxy) is 2. The lowest BCUT2D eigenvalue weighted by Gasteiger charge is -2.23. The fourth-order valence-electron chi connectivity index (χ4n) is 2.50. The quantitative estimate of drug-likeness (QED) is 0.385. The molecular weight excluding hydrogens is 304 g/mol. The van der Waals surface area contributed by atoms with Gasteiger partial charge in [-0.05, 0) is 52.0 Å². The zero-order chi connectivity index (χ0) is 18.1. The third-order valence-corrected chi connectivity index (χ3v) is 3.52. The Morgan fingerprint density at radius 1 is 1.00 bits per heavy atom. The summed E-state index contributed by atoms with van der Waals surface area (Å²) >= 11 is 0. The van der Waals surface area contributed by atoms with E-state index in [-0.39, 0.29) is 18.1 Å². The first kappa shape index (κ1) is 19.9. The highest BCUT2D eigenvalue weighted by atomic mass is 16.6. The maximum atomic E-state index is 12.4. The molecule has 0 radical (unpaired) electrons. The maximum Gasteiger partial charge on any atom is 0.320 e. The molecule has 24 heavy (non-hydrogen) atoms. The molecule has 4 heteroatoms. The third kappa shape index (κ3) is 6.57. The molecule has 0 N–H and O–H groups in total. The van der Waals surface area contributed by atoms with Gasteiger partial charge >= 0.3 is 11.9 Å². The van der Waals surface area contributed by atoms with Gasteiger partial charge < -0.3 is 9.47 Å². The minimum atomic E-state index is -0.931. The topological polar surface area (TPSA) is 52.6 Å². The van der Waals surface area contributed by atoms with E-state index in [2.05, 4.69) is 6.58 Å². The molecule has 0 aliphatic heterocycles. The standard InChI is InChI=1S/C20H28O4/c1-6-10-17(16-11-8-7-9-12-16)13-18(19(21)23-14(2)3)20(22)24-15(4)5/h6-9,11-12,14-15,17-18H,1,10,13H2,2-5H3.